The number of carbonyl (C=O) groups is 2. The van der Waals surface area contributed by atoms with Crippen molar-refractivity contribution in [3.8, 4) is 5.75 Å². The van der Waals surface area contributed by atoms with Crippen LogP contribution in [0.15, 0.2) is 24.3 Å². The van der Waals surface area contributed by atoms with E-state index in [0.29, 0.717) is 0 Å². The molecule has 100 valence electrons. The van der Waals surface area contributed by atoms with Crippen molar-refractivity contribution in [3.63, 3.8) is 0 Å². The summed E-state index contributed by atoms with van der Waals surface area (Å²) in [5, 5.41) is 9.97. The Bertz CT molecular complexity index is 799. The highest BCUT2D eigenvalue weighted by atomic mass is 35.5. The summed E-state index contributed by atoms with van der Waals surface area (Å²) in [7, 11) is 0. The zero-order valence-electron chi connectivity index (χ0n) is 9.91. The lowest BCUT2D eigenvalue weighted by Crippen LogP contribution is -2.23. The molecule has 0 unspecified atom stereocenters. The molecule has 0 aliphatic heterocycles. The van der Waals surface area contributed by atoms with Gasteiger partial charge in [-0.25, -0.2) is 0 Å². The summed E-state index contributed by atoms with van der Waals surface area (Å²) in [4.78, 5) is 24.9. The fraction of sp³-hybridized carbons (Fsp3) is 0. The number of benzene rings is 2. The summed E-state index contributed by atoms with van der Waals surface area (Å²) in [5.74, 6) is -1.30. The lowest BCUT2D eigenvalue weighted by Gasteiger charge is -2.21. The molecule has 0 bridgehead atoms. The first-order valence-corrected chi connectivity index (χ1v) is 6.38. The van der Waals surface area contributed by atoms with Crippen LogP contribution in [0.3, 0.4) is 0 Å². The first kappa shape index (κ1) is 13.0. The van der Waals surface area contributed by atoms with Crippen LogP contribution in [-0.2, 0) is 0 Å². The van der Waals surface area contributed by atoms with Crippen LogP contribution in [-0.4, -0.2) is 16.7 Å². The molecule has 2 aromatic carbocycles. The van der Waals surface area contributed by atoms with E-state index in [1.54, 1.807) is 0 Å². The second-order valence-corrected chi connectivity index (χ2v) is 5.18. The summed E-state index contributed by atoms with van der Waals surface area (Å²) in [6.07, 6.45) is 0. The van der Waals surface area contributed by atoms with Crippen LogP contribution in [0.5, 0.6) is 5.75 Å². The number of fused-ring (bicyclic) bond motifs is 2. The van der Waals surface area contributed by atoms with Gasteiger partial charge in [0.25, 0.3) is 0 Å². The van der Waals surface area contributed by atoms with Crippen LogP contribution in [0.25, 0.3) is 0 Å². The molecule has 0 fully saturated rings. The molecule has 0 aromatic heterocycles. The Morgan fingerprint density at radius 3 is 2.35 bits per heavy atom. The smallest absolute Gasteiger partial charge is 0.200 e. The average Bonchev–Trinajstić information content (AvgIpc) is 2.40. The number of aromatic hydroxyl groups is 1. The molecule has 0 radical (unpaired) electrons. The lowest BCUT2D eigenvalue weighted by molar-refractivity contribution is 0.0977. The monoisotopic (exact) mass is 307 g/mol. The Balaban J connectivity index is 2.45. The number of carbonyl (C=O) groups excluding carboxylic acids is 2. The van der Waals surface area contributed by atoms with Crippen LogP contribution < -0.4 is 5.73 Å². The Hall–Kier alpha value is -2.04. The van der Waals surface area contributed by atoms with E-state index in [9.17, 15) is 14.7 Å². The predicted octanol–water partition coefficient (Wildman–Crippen LogP) is 3.06. The Morgan fingerprint density at radius 2 is 1.65 bits per heavy atom. The van der Waals surface area contributed by atoms with Crippen LogP contribution in [0.1, 0.15) is 31.8 Å². The number of nitrogen functional groups attached to an aromatic ring is 1. The number of rotatable bonds is 0. The molecule has 0 atom stereocenters. The van der Waals surface area contributed by atoms with E-state index < -0.39 is 11.6 Å². The van der Waals surface area contributed by atoms with E-state index in [1.807, 2.05) is 0 Å². The molecule has 0 saturated heterocycles. The van der Waals surface area contributed by atoms with Gasteiger partial charge in [0.15, 0.2) is 11.6 Å². The van der Waals surface area contributed by atoms with Crippen molar-refractivity contribution in [2.24, 2.45) is 0 Å². The van der Waals surface area contributed by atoms with Crippen LogP contribution >= 0.6 is 23.2 Å². The van der Waals surface area contributed by atoms with Gasteiger partial charge in [-0.3, -0.25) is 9.59 Å². The minimum atomic E-state index is -0.561. The number of phenols is 1. The zero-order chi connectivity index (χ0) is 14.6. The molecule has 0 spiro atoms. The second kappa shape index (κ2) is 4.23. The van der Waals surface area contributed by atoms with Gasteiger partial charge < -0.3 is 10.8 Å². The Labute approximate surface area is 123 Å². The van der Waals surface area contributed by atoms with Crippen molar-refractivity contribution in [1.82, 2.24) is 0 Å². The first-order valence-electron chi connectivity index (χ1n) is 5.62. The average molecular weight is 308 g/mol. The maximum Gasteiger partial charge on any atom is 0.200 e. The van der Waals surface area contributed by atoms with Crippen LogP contribution in [0, 0.1) is 0 Å². The maximum atomic E-state index is 12.5. The number of halogens is 2. The van der Waals surface area contributed by atoms with Crippen molar-refractivity contribution < 1.29 is 14.7 Å². The molecular weight excluding hydrogens is 301 g/mol. The number of phenolic OH excluding ortho intramolecular Hbond substituents is 1. The largest absolute Gasteiger partial charge is 0.507 e. The molecule has 1 aliphatic rings. The quantitative estimate of drug-likeness (QED) is 0.625. The second-order valence-electron chi connectivity index (χ2n) is 4.36. The molecule has 1 aliphatic carbocycles. The van der Waals surface area contributed by atoms with E-state index in [4.69, 9.17) is 28.9 Å². The third-order valence-electron chi connectivity index (χ3n) is 3.24. The first-order chi connectivity index (χ1) is 9.43. The van der Waals surface area contributed by atoms with Crippen molar-refractivity contribution in [2.45, 2.75) is 0 Å². The lowest BCUT2D eigenvalue weighted by atomic mass is 9.82. The van der Waals surface area contributed by atoms with Gasteiger partial charge in [-0.2, -0.15) is 0 Å². The molecule has 3 rings (SSSR count). The number of hydrogen-bond donors (Lipinski definition) is 2. The van der Waals surface area contributed by atoms with Gasteiger partial charge in [-0.05, 0) is 12.1 Å². The molecule has 0 saturated carbocycles. The summed E-state index contributed by atoms with van der Waals surface area (Å²) in [6.45, 7) is 0. The summed E-state index contributed by atoms with van der Waals surface area (Å²) in [6, 6.07) is 5.60. The predicted molar refractivity (Wildman–Crippen MR) is 75.8 cm³/mol. The molecular formula is C14H7Cl2NO3. The third-order valence-corrected chi connectivity index (χ3v) is 3.85. The SMILES string of the molecule is Nc1c(Cl)cc(Cl)c2c1C(=O)c1c(O)cccc1C2=O. The van der Waals surface area contributed by atoms with Gasteiger partial charge in [0.05, 0.1) is 32.4 Å². The van der Waals surface area contributed by atoms with E-state index >= 15 is 0 Å². The number of ketones is 2. The molecule has 2 aromatic rings. The normalized spacial score (nSPS) is 13.1. The highest BCUT2D eigenvalue weighted by Crippen LogP contribution is 2.40. The van der Waals surface area contributed by atoms with Gasteiger partial charge in [-0.15, -0.1) is 0 Å². The van der Waals surface area contributed by atoms with Gasteiger partial charge in [0.2, 0.25) is 0 Å². The van der Waals surface area contributed by atoms with Gasteiger partial charge >= 0.3 is 0 Å². The van der Waals surface area contributed by atoms with Gasteiger partial charge in [0.1, 0.15) is 5.75 Å². The maximum absolute atomic E-state index is 12.5. The van der Waals surface area contributed by atoms with Crippen molar-refractivity contribution in [2.75, 3.05) is 5.73 Å². The van der Waals surface area contributed by atoms with Crippen LogP contribution in [0.4, 0.5) is 5.69 Å². The molecule has 6 heteroatoms. The van der Waals surface area contributed by atoms with Crippen LogP contribution in [0.2, 0.25) is 10.0 Å². The van der Waals surface area contributed by atoms with E-state index in [2.05, 4.69) is 0 Å². The molecule has 0 heterocycles. The van der Waals surface area contributed by atoms with E-state index in [1.165, 1.54) is 24.3 Å². The Kier molecular flexibility index (Phi) is 2.74. The minimum absolute atomic E-state index is 0.0154. The molecule has 3 N–H and O–H groups in total. The van der Waals surface area contributed by atoms with Gasteiger partial charge in [0, 0.05) is 5.56 Å². The fourth-order valence-corrected chi connectivity index (χ4v) is 2.87. The highest BCUT2D eigenvalue weighted by molar-refractivity contribution is 6.43. The van der Waals surface area contributed by atoms with Gasteiger partial charge in [-0.1, -0.05) is 35.3 Å². The van der Waals surface area contributed by atoms with E-state index in [0.717, 1.165) is 0 Å². The van der Waals surface area contributed by atoms with Crippen molar-refractivity contribution in [1.29, 1.82) is 0 Å². The molecule has 20 heavy (non-hydrogen) atoms. The topological polar surface area (TPSA) is 80.4 Å². The van der Waals surface area contributed by atoms with Crippen molar-refractivity contribution >= 4 is 40.5 Å². The third kappa shape index (κ3) is 1.55. The number of nitrogens with two attached hydrogens (primary N) is 1. The molecule has 0 amide bonds. The Morgan fingerprint density at radius 1 is 0.950 bits per heavy atom. The minimum Gasteiger partial charge on any atom is -0.507 e. The van der Waals surface area contributed by atoms with E-state index in [-0.39, 0.29) is 43.7 Å². The standard InChI is InChI=1S/C14H7Cl2NO3/c15-6-4-7(16)12(17)11-10(6)13(19)5-2-1-3-8(18)9(5)14(11)20/h1-4,18H,17H2. The molecule has 4 nitrogen and oxygen atoms in total. The number of hydrogen-bond acceptors (Lipinski definition) is 4. The summed E-state index contributed by atoms with van der Waals surface area (Å²) in [5.41, 5.74) is 5.77. The number of anilines is 1. The van der Waals surface area contributed by atoms with Crippen molar-refractivity contribution in [3.05, 3.63) is 56.6 Å². The summed E-state index contributed by atoms with van der Waals surface area (Å²) < 4.78 is 0. The zero-order valence-corrected chi connectivity index (χ0v) is 11.4. The highest BCUT2D eigenvalue weighted by Gasteiger charge is 2.35. The fourth-order valence-electron chi connectivity index (χ4n) is 2.32. The summed E-state index contributed by atoms with van der Waals surface area (Å²) >= 11 is 11.9.